The van der Waals surface area contributed by atoms with Crippen LogP contribution < -0.4 is 4.74 Å². The van der Waals surface area contributed by atoms with Crippen LogP contribution in [0.15, 0.2) is 48.0 Å². The molecule has 1 heterocycles. The van der Waals surface area contributed by atoms with Gasteiger partial charge in [0.1, 0.15) is 11.5 Å². The number of likely N-dealkylation sites (tertiary alicyclic amines) is 1. The number of benzene rings is 2. The molecular weight excluding hydrogens is 457 g/mol. The Kier molecular flexibility index (Phi) is 8.15. The van der Waals surface area contributed by atoms with Crippen molar-refractivity contribution in [1.29, 1.82) is 0 Å². The molecule has 1 unspecified atom stereocenters. The smallest absolute Gasteiger partial charge is 0.295 e. The van der Waals surface area contributed by atoms with Gasteiger partial charge in [0.05, 0.1) is 38.0 Å². The van der Waals surface area contributed by atoms with E-state index in [1.54, 1.807) is 36.4 Å². The third-order valence-electron chi connectivity index (χ3n) is 4.95. The minimum Gasteiger partial charge on any atom is -0.507 e. The van der Waals surface area contributed by atoms with Crippen molar-refractivity contribution >= 4 is 40.7 Å². The highest BCUT2D eigenvalue weighted by molar-refractivity contribution is 6.47. The minimum absolute atomic E-state index is 0.0637. The van der Waals surface area contributed by atoms with Crippen LogP contribution in [-0.2, 0) is 14.3 Å². The molecule has 170 valence electrons. The molecule has 1 aliphatic rings. The quantitative estimate of drug-likeness (QED) is 0.245. The van der Waals surface area contributed by atoms with Crippen LogP contribution in [0.4, 0.5) is 0 Å². The maximum Gasteiger partial charge on any atom is 0.295 e. The molecule has 0 aromatic heterocycles. The number of Topliss-reactive ketones (excluding diaryl/α,β-unsaturated/α-hetero) is 1. The molecule has 1 fully saturated rings. The fraction of sp³-hybridized carbons (Fsp3) is 0.304. The lowest BCUT2D eigenvalue weighted by Crippen LogP contribution is -2.33. The van der Waals surface area contributed by atoms with Crippen LogP contribution in [0.1, 0.15) is 24.1 Å². The summed E-state index contributed by atoms with van der Waals surface area (Å²) in [4.78, 5) is 27.1. The predicted octanol–water partition coefficient (Wildman–Crippen LogP) is 3.82. The standard InChI is InChI=1S/C23H23Cl2NO6/c1-2-32-16-6-3-14(4-7-16)21(28)19-20(17-8-5-15(24)13-18(17)25)26(23(30)22(19)29)9-11-31-12-10-27/h3-8,13,20,27-28H,2,9-12H2,1H3/b21-19+. The van der Waals surface area contributed by atoms with Crippen LogP contribution >= 0.6 is 23.2 Å². The van der Waals surface area contributed by atoms with Crippen molar-refractivity contribution in [2.45, 2.75) is 13.0 Å². The number of carbonyl (C=O) groups is 2. The van der Waals surface area contributed by atoms with Gasteiger partial charge in [-0.2, -0.15) is 0 Å². The molecule has 7 nitrogen and oxygen atoms in total. The van der Waals surface area contributed by atoms with Gasteiger partial charge in [-0.15, -0.1) is 0 Å². The summed E-state index contributed by atoms with van der Waals surface area (Å²) >= 11 is 12.4. The third kappa shape index (κ3) is 5.07. The molecule has 2 aromatic carbocycles. The fourth-order valence-corrected chi connectivity index (χ4v) is 4.03. The second kappa shape index (κ2) is 10.8. The number of nitrogens with zero attached hydrogens (tertiary/aromatic N) is 1. The molecule has 1 aliphatic heterocycles. The second-order valence-electron chi connectivity index (χ2n) is 6.95. The Morgan fingerprint density at radius 2 is 1.81 bits per heavy atom. The third-order valence-corrected chi connectivity index (χ3v) is 5.51. The zero-order valence-electron chi connectivity index (χ0n) is 17.4. The van der Waals surface area contributed by atoms with Gasteiger partial charge in [-0.3, -0.25) is 9.59 Å². The molecule has 1 saturated heterocycles. The minimum atomic E-state index is -0.927. The number of hydrogen-bond acceptors (Lipinski definition) is 6. The summed E-state index contributed by atoms with van der Waals surface area (Å²) in [6, 6.07) is 10.4. The molecule has 32 heavy (non-hydrogen) atoms. The summed E-state index contributed by atoms with van der Waals surface area (Å²) in [5.74, 6) is -1.31. The highest BCUT2D eigenvalue weighted by Crippen LogP contribution is 2.42. The Hall–Kier alpha value is -2.58. The van der Waals surface area contributed by atoms with Gasteiger partial charge in [0.2, 0.25) is 0 Å². The molecule has 0 radical (unpaired) electrons. The first kappa shape index (κ1) is 24.1. The van der Waals surface area contributed by atoms with E-state index in [4.69, 9.17) is 37.8 Å². The molecular formula is C23H23Cl2NO6. The number of rotatable bonds is 9. The van der Waals surface area contributed by atoms with Crippen molar-refractivity contribution in [3.05, 3.63) is 69.2 Å². The number of carbonyl (C=O) groups excluding carboxylic acids is 2. The Balaban J connectivity index is 2.07. The first-order valence-corrected chi connectivity index (χ1v) is 10.8. The average Bonchev–Trinajstić information content (AvgIpc) is 3.02. The van der Waals surface area contributed by atoms with E-state index in [2.05, 4.69) is 0 Å². The Morgan fingerprint density at radius 1 is 1.09 bits per heavy atom. The number of halogens is 2. The van der Waals surface area contributed by atoms with Gasteiger partial charge < -0.3 is 24.6 Å². The fourth-order valence-electron chi connectivity index (χ4n) is 3.52. The van der Waals surface area contributed by atoms with Crippen molar-refractivity contribution in [1.82, 2.24) is 4.90 Å². The maximum absolute atomic E-state index is 13.0. The molecule has 2 N–H and O–H groups in total. The van der Waals surface area contributed by atoms with E-state index < -0.39 is 17.7 Å². The normalized spacial score (nSPS) is 17.8. The lowest BCUT2D eigenvalue weighted by atomic mass is 9.95. The van der Waals surface area contributed by atoms with Gasteiger partial charge >= 0.3 is 0 Å². The maximum atomic E-state index is 13.0. The Bertz CT molecular complexity index is 1020. The van der Waals surface area contributed by atoms with E-state index in [-0.39, 0.29) is 42.7 Å². The van der Waals surface area contributed by atoms with Crippen LogP contribution in [0.3, 0.4) is 0 Å². The average molecular weight is 480 g/mol. The summed E-state index contributed by atoms with van der Waals surface area (Å²) < 4.78 is 10.7. The topological polar surface area (TPSA) is 96.3 Å². The molecule has 0 spiro atoms. The zero-order chi connectivity index (χ0) is 23.3. The number of aliphatic hydroxyl groups is 2. The van der Waals surface area contributed by atoms with E-state index in [1.165, 1.54) is 11.0 Å². The summed E-state index contributed by atoms with van der Waals surface area (Å²) in [5.41, 5.74) is 0.730. The van der Waals surface area contributed by atoms with E-state index in [0.717, 1.165) is 0 Å². The van der Waals surface area contributed by atoms with Gasteiger partial charge in [0.25, 0.3) is 11.7 Å². The van der Waals surface area contributed by atoms with Gasteiger partial charge in [-0.05, 0) is 48.9 Å². The molecule has 1 amide bonds. The number of hydrogen-bond donors (Lipinski definition) is 2. The lowest BCUT2D eigenvalue weighted by molar-refractivity contribution is -0.140. The Morgan fingerprint density at radius 3 is 2.44 bits per heavy atom. The van der Waals surface area contributed by atoms with Gasteiger partial charge in [-0.1, -0.05) is 29.3 Å². The van der Waals surface area contributed by atoms with E-state index >= 15 is 0 Å². The molecule has 2 aromatic rings. The number of aliphatic hydroxyl groups excluding tert-OH is 2. The highest BCUT2D eigenvalue weighted by atomic mass is 35.5. The first-order valence-electron chi connectivity index (χ1n) is 10.0. The molecule has 9 heteroatoms. The summed E-state index contributed by atoms with van der Waals surface area (Å²) in [5, 5.41) is 20.6. The van der Waals surface area contributed by atoms with E-state index in [1.807, 2.05) is 6.92 Å². The van der Waals surface area contributed by atoms with Gasteiger partial charge in [0.15, 0.2) is 0 Å². The monoisotopic (exact) mass is 479 g/mol. The van der Waals surface area contributed by atoms with Crippen LogP contribution in [0, 0.1) is 0 Å². The SMILES string of the molecule is CCOc1ccc(/C(O)=C2\C(=O)C(=O)N(CCOCCO)C2c2ccc(Cl)cc2Cl)cc1. The van der Waals surface area contributed by atoms with Gasteiger partial charge in [0, 0.05) is 22.2 Å². The van der Waals surface area contributed by atoms with Crippen molar-refractivity contribution in [3.8, 4) is 5.75 Å². The summed E-state index contributed by atoms with van der Waals surface area (Å²) in [7, 11) is 0. The van der Waals surface area contributed by atoms with E-state index in [0.29, 0.717) is 28.5 Å². The van der Waals surface area contributed by atoms with Crippen molar-refractivity contribution in [3.63, 3.8) is 0 Å². The largest absolute Gasteiger partial charge is 0.507 e. The van der Waals surface area contributed by atoms with Crippen molar-refractivity contribution < 1.29 is 29.3 Å². The molecule has 1 atom stereocenters. The number of ether oxygens (including phenoxy) is 2. The van der Waals surface area contributed by atoms with Crippen LogP contribution in [0.25, 0.3) is 5.76 Å². The molecule has 0 bridgehead atoms. The molecule has 3 rings (SSSR count). The summed E-state index contributed by atoms with van der Waals surface area (Å²) in [6.45, 7) is 2.44. The van der Waals surface area contributed by atoms with Crippen molar-refractivity contribution in [2.75, 3.05) is 33.0 Å². The Labute approximate surface area is 195 Å². The predicted molar refractivity (Wildman–Crippen MR) is 121 cm³/mol. The van der Waals surface area contributed by atoms with Crippen LogP contribution in [0.2, 0.25) is 10.0 Å². The van der Waals surface area contributed by atoms with E-state index in [9.17, 15) is 14.7 Å². The number of ketones is 1. The van der Waals surface area contributed by atoms with Gasteiger partial charge in [-0.25, -0.2) is 0 Å². The summed E-state index contributed by atoms with van der Waals surface area (Å²) in [6.07, 6.45) is 0. The molecule has 0 aliphatic carbocycles. The molecule has 0 saturated carbocycles. The van der Waals surface area contributed by atoms with Crippen LogP contribution in [-0.4, -0.2) is 59.8 Å². The van der Waals surface area contributed by atoms with Crippen LogP contribution in [0.5, 0.6) is 5.75 Å². The zero-order valence-corrected chi connectivity index (χ0v) is 18.9. The lowest BCUT2D eigenvalue weighted by Gasteiger charge is -2.26. The number of amides is 1. The highest BCUT2D eigenvalue weighted by Gasteiger charge is 2.46. The second-order valence-corrected chi connectivity index (χ2v) is 7.80. The first-order chi connectivity index (χ1) is 15.4. The van der Waals surface area contributed by atoms with Crippen molar-refractivity contribution in [2.24, 2.45) is 0 Å².